The van der Waals surface area contributed by atoms with Gasteiger partial charge in [0.15, 0.2) is 11.5 Å². The Labute approximate surface area is 120 Å². The molecule has 0 amide bonds. The molecule has 7 nitrogen and oxygen atoms in total. The van der Waals surface area contributed by atoms with E-state index in [0.717, 1.165) is 0 Å². The lowest BCUT2D eigenvalue weighted by Crippen LogP contribution is -1.97. The van der Waals surface area contributed by atoms with E-state index in [1.165, 1.54) is 50.6 Å². The van der Waals surface area contributed by atoms with Crippen molar-refractivity contribution in [3.63, 3.8) is 0 Å². The standard InChI is InChI=1S/C14H13NO6/c1-19-13-7-11(15(17)18)12(8-14(13)20-2)21-10-5-3-9(16)4-6-10/h3-8,16H,1-2H3. The van der Waals surface area contributed by atoms with E-state index in [-0.39, 0.29) is 22.9 Å². The van der Waals surface area contributed by atoms with Gasteiger partial charge in [0, 0.05) is 6.07 Å². The zero-order chi connectivity index (χ0) is 15.4. The molecule has 21 heavy (non-hydrogen) atoms. The highest BCUT2D eigenvalue weighted by Gasteiger charge is 2.21. The van der Waals surface area contributed by atoms with Gasteiger partial charge in [-0.1, -0.05) is 0 Å². The number of ether oxygens (including phenoxy) is 3. The highest BCUT2D eigenvalue weighted by molar-refractivity contribution is 5.59. The van der Waals surface area contributed by atoms with Gasteiger partial charge in [-0.3, -0.25) is 10.1 Å². The molecule has 110 valence electrons. The fourth-order valence-corrected chi connectivity index (χ4v) is 1.72. The van der Waals surface area contributed by atoms with Crippen molar-refractivity contribution >= 4 is 5.69 Å². The Morgan fingerprint density at radius 2 is 1.57 bits per heavy atom. The number of hydrogen-bond donors (Lipinski definition) is 1. The molecule has 2 aromatic rings. The summed E-state index contributed by atoms with van der Waals surface area (Å²) in [6.07, 6.45) is 0. The van der Waals surface area contributed by atoms with E-state index in [4.69, 9.17) is 14.2 Å². The van der Waals surface area contributed by atoms with Gasteiger partial charge in [0.1, 0.15) is 11.5 Å². The predicted molar refractivity (Wildman–Crippen MR) is 74.4 cm³/mol. The van der Waals surface area contributed by atoms with E-state index >= 15 is 0 Å². The number of nitro benzene ring substituents is 1. The molecule has 0 unspecified atom stereocenters. The zero-order valence-electron chi connectivity index (χ0n) is 11.4. The Hall–Kier alpha value is -2.96. The third kappa shape index (κ3) is 3.14. The SMILES string of the molecule is COc1cc(Oc2ccc(O)cc2)c([N+](=O)[O-])cc1OC. The Morgan fingerprint density at radius 3 is 2.10 bits per heavy atom. The molecule has 0 atom stereocenters. The molecular weight excluding hydrogens is 278 g/mol. The van der Waals surface area contributed by atoms with Crippen LogP contribution >= 0.6 is 0 Å². The smallest absolute Gasteiger partial charge is 0.315 e. The molecule has 2 rings (SSSR count). The van der Waals surface area contributed by atoms with Crippen molar-refractivity contribution in [2.24, 2.45) is 0 Å². The quantitative estimate of drug-likeness (QED) is 0.672. The largest absolute Gasteiger partial charge is 0.508 e. The van der Waals surface area contributed by atoms with Crippen molar-refractivity contribution in [2.45, 2.75) is 0 Å². The highest BCUT2D eigenvalue weighted by Crippen LogP contribution is 2.41. The summed E-state index contributed by atoms with van der Waals surface area (Å²) in [5.41, 5.74) is -0.249. The summed E-state index contributed by atoms with van der Waals surface area (Å²) in [6, 6.07) is 8.44. The van der Waals surface area contributed by atoms with Crippen molar-refractivity contribution in [3.05, 3.63) is 46.5 Å². The average molecular weight is 291 g/mol. The fourth-order valence-electron chi connectivity index (χ4n) is 1.72. The fraction of sp³-hybridized carbons (Fsp3) is 0.143. The van der Waals surface area contributed by atoms with Gasteiger partial charge in [-0.05, 0) is 24.3 Å². The number of methoxy groups -OCH3 is 2. The van der Waals surface area contributed by atoms with Gasteiger partial charge in [0.05, 0.1) is 25.2 Å². The Balaban J connectivity index is 2.45. The molecule has 0 heterocycles. The molecule has 0 aliphatic rings. The first kappa shape index (κ1) is 14.4. The Kier molecular flexibility index (Phi) is 4.13. The van der Waals surface area contributed by atoms with E-state index in [2.05, 4.69) is 0 Å². The first-order valence-electron chi connectivity index (χ1n) is 5.92. The van der Waals surface area contributed by atoms with Gasteiger partial charge in [0.25, 0.3) is 0 Å². The van der Waals surface area contributed by atoms with Crippen LogP contribution in [0.25, 0.3) is 0 Å². The van der Waals surface area contributed by atoms with E-state index in [1.807, 2.05) is 0 Å². The Bertz CT molecular complexity index is 653. The van der Waals surface area contributed by atoms with Crippen LogP contribution in [0.2, 0.25) is 0 Å². The molecule has 0 aromatic heterocycles. The molecular formula is C14H13NO6. The van der Waals surface area contributed by atoms with Gasteiger partial charge in [0.2, 0.25) is 5.75 Å². The van der Waals surface area contributed by atoms with Gasteiger partial charge in [-0.15, -0.1) is 0 Å². The van der Waals surface area contributed by atoms with Crippen molar-refractivity contribution in [1.29, 1.82) is 0 Å². The number of rotatable bonds is 5. The number of nitrogens with zero attached hydrogens (tertiary/aromatic N) is 1. The summed E-state index contributed by atoms with van der Waals surface area (Å²) in [7, 11) is 2.82. The van der Waals surface area contributed by atoms with Crippen LogP contribution in [0.3, 0.4) is 0 Å². The maximum Gasteiger partial charge on any atom is 0.315 e. The van der Waals surface area contributed by atoms with Crippen LogP contribution < -0.4 is 14.2 Å². The first-order valence-corrected chi connectivity index (χ1v) is 5.92. The van der Waals surface area contributed by atoms with Crippen LogP contribution in [0.15, 0.2) is 36.4 Å². The van der Waals surface area contributed by atoms with Gasteiger partial charge >= 0.3 is 5.69 Å². The molecule has 0 fully saturated rings. The number of benzene rings is 2. The monoisotopic (exact) mass is 291 g/mol. The van der Waals surface area contributed by atoms with Gasteiger partial charge in [-0.2, -0.15) is 0 Å². The molecule has 0 aliphatic heterocycles. The summed E-state index contributed by atoms with van der Waals surface area (Å²) in [6.45, 7) is 0. The molecule has 0 spiro atoms. The highest BCUT2D eigenvalue weighted by atomic mass is 16.6. The molecule has 7 heteroatoms. The van der Waals surface area contributed by atoms with Gasteiger partial charge < -0.3 is 19.3 Å². The first-order chi connectivity index (χ1) is 10.0. The van der Waals surface area contributed by atoms with E-state index in [0.29, 0.717) is 11.5 Å². The molecule has 1 N–H and O–H groups in total. The van der Waals surface area contributed by atoms with Crippen LogP contribution in [-0.4, -0.2) is 24.2 Å². The third-order valence-corrected chi connectivity index (χ3v) is 2.73. The predicted octanol–water partition coefficient (Wildman–Crippen LogP) is 3.11. The maximum atomic E-state index is 11.1. The summed E-state index contributed by atoms with van der Waals surface area (Å²) in [5.74, 6) is 0.995. The summed E-state index contributed by atoms with van der Waals surface area (Å²) in [4.78, 5) is 10.6. The van der Waals surface area contributed by atoms with Crippen molar-refractivity contribution in [3.8, 4) is 28.7 Å². The minimum atomic E-state index is -0.572. The Morgan fingerprint density at radius 1 is 1.00 bits per heavy atom. The molecule has 2 aromatic carbocycles. The van der Waals surface area contributed by atoms with Crippen molar-refractivity contribution in [2.75, 3.05) is 14.2 Å². The van der Waals surface area contributed by atoms with Crippen LogP contribution in [-0.2, 0) is 0 Å². The number of phenols is 1. The second-order valence-electron chi connectivity index (χ2n) is 4.03. The topological polar surface area (TPSA) is 91.1 Å². The van der Waals surface area contributed by atoms with Crippen LogP contribution in [0.1, 0.15) is 0 Å². The normalized spacial score (nSPS) is 10.0. The summed E-state index contributed by atoms with van der Waals surface area (Å²) in [5, 5.41) is 20.3. The minimum Gasteiger partial charge on any atom is -0.508 e. The van der Waals surface area contributed by atoms with Gasteiger partial charge in [-0.25, -0.2) is 0 Å². The average Bonchev–Trinajstić information content (AvgIpc) is 2.48. The van der Waals surface area contributed by atoms with Crippen LogP contribution in [0, 0.1) is 10.1 Å². The lowest BCUT2D eigenvalue weighted by molar-refractivity contribution is -0.385. The minimum absolute atomic E-state index is 0.0170. The zero-order valence-corrected chi connectivity index (χ0v) is 11.4. The number of hydrogen-bond acceptors (Lipinski definition) is 6. The summed E-state index contributed by atoms with van der Waals surface area (Å²) < 4.78 is 15.6. The maximum absolute atomic E-state index is 11.1. The lowest BCUT2D eigenvalue weighted by atomic mass is 10.2. The molecule has 0 saturated heterocycles. The second kappa shape index (κ2) is 6.00. The van der Waals surface area contributed by atoms with Crippen LogP contribution in [0.5, 0.6) is 28.7 Å². The second-order valence-corrected chi connectivity index (χ2v) is 4.03. The van der Waals surface area contributed by atoms with Crippen LogP contribution in [0.4, 0.5) is 5.69 Å². The summed E-state index contributed by atoms with van der Waals surface area (Å²) >= 11 is 0. The molecule has 0 aliphatic carbocycles. The van der Waals surface area contributed by atoms with E-state index < -0.39 is 4.92 Å². The molecule has 0 radical (unpaired) electrons. The van der Waals surface area contributed by atoms with Crippen molar-refractivity contribution in [1.82, 2.24) is 0 Å². The van der Waals surface area contributed by atoms with E-state index in [9.17, 15) is 15.2 Å². The molecule has 0 saturated carbocycles. The van der Waals surface area contributed by atoms with E-state index in [1.54, 1.807) is 0 Å². The number of phenolic OH excluding ortho intramolecular Hbond substituents is 1. The molecule has 0 bridgehead atoms. The lowest BCUT2D eigenvalue weighted by Gasteiger charge is -2.11. The third-order valence-electron chi connectivity index (χ3n) is 2.73. The number of aromatic hydroxyl groups is 1. The van der Waals surface area contributed by atoms with Crippen molar-refractivity contribution < 1.29 is 24.2 Å². The number of nitro groups is 1.